The molecule has 1 aromatic rings. The average molecular weight is 326 g/mol. The van der Waals surface area contributed by atoms with E-state index in [4.69, 9.17) is 0 Å². The number of hydrogen-bond donors (Lipinski definition) is 3. The fourth-order valence-corrected chi connectivity index (χ4v) is 2.46. The van der Waals surface area contributed by atoms with Crippen LogP contribution in [0.3, 0.4) is 0 Å². The summed E-state index contributed by atoms with van der Waals surface area (Å²) >= 11 is 0. The highest BCUT2D eigenvalue weighted by Gasteiger charge is 2.14. The number of hydrogen-bond acceptors (Lipinski definition) is 3. The van der Waals surface area contributed by atoms with Crippen molar-refractivity contribution in [2.24, 2.45) is 5.92 Å². The van der Waals surface area contributed by atoms with Crippen molar-refractivity contribution in [2.45, 2.75) is 19.3 Å². The minimum Gasteiger partial charge on any atom is -0.355 e. The van der Waals surface area contributed by atoms with E-state index in [0.29, 0.717) is 18.9 Å². The number of carbonyl (C=O) groups excluding carboxylic acids is 2. The lowest BCUT2D eigenvalue weighted by Crippen LogP contribution is -2.38. The maximum Gasteiger partial charge on any atom is 0.239 e. The molecule has 122 valence electrons. The first-order valence-corrected chi connectivity index (χ1v) is 7.52. The molecule has 1 saturated heterocycles. The van der Waals surface area contributed by atoms with Gasteiger partial charge in [-0.1, -0.05) is 30.3 Å². The third kappa shape index (κ3) is 6.91. The van der Waals surface area contributed by atoms with Crippen LogP contribution in [-0.2, 0) is 16.0 Å². The van der Waals surface area contributed by atoms with Gasteiger partial charge in [-0.25, -0.2) is 0 Å². The van der Waals surface area contributed by atoms with Gasteiger partial charge in [-0.2, -0.15) is 0 Å². The summed E-state index contributed by atoms with van der Waals surface area (Å²) in [5.74, 6) is 0.414. The van der Waals surface area contributed by atoms with Crippen LogP contribution in [0, 0.1) is 5.92 Å². The highest BCUT2D eigenvalue weighted by molar-refractivity contribution is 5.85. The van der Waals surface area contributed by atoms with E-state index < -0.39 is 0 Å². The zero-order valence-electron chi connectivity index (χ0n) is 12.6. The van der Waals surface area contributed by atoms with E-state index in [-0.39, 0.29) is 30.8 Å². The Hall–Kier alpha value is -1.59. The Labute approximate surface area is 137 Å². The average Bonchev–Trinajstić information content (AvgIpc) is 2.99. The van der Waals surface area contributed by atoms with Crippen LogP contribution in [-0.4, -0.2) is 38.0 Å². The maximum atomic E-state index is 11.7. The quantitative estimate of drug-likeness (QED) is 0.697. The molecular weight excluding hydrogens is 302 g/mol. The first-order valence-electron chi connectivity index (χ1n) is 7.52. The van der Waals surface area contributed by atoms with E-state index in [1.807, 2.05) is 30.3 Å². The molecule has 1 unspecified atom stereocenters. The molecule has 0 saturated carbocycles. The normalized spacial score (nSPS) is 16.6. The Bertz CT molecular complexity index is 462. The molecule has 22 heavy (non-hydrogen) atoms. The second-order valence-electron chi connectivity index (χ2n) is 5.44. The summed E-state index contributed by atoms with van der Waals surface area (Å²) in [6.07, 6.45) is 2.49. The van der Waals surface area contributed by atoms with Gasteiger partial charge in [0.25, 0.3) is 0 Å². The summed E-state index contributed by atoms with van der Waals surface area (Å²) in [4.78, 5) is 23.3. The molecule has 1 aromatic carbocycles. The number of carbonyl (C=O) groups is 2. The van der Waals surface area contributed by atoms with Gasteiger partial charge in [0, 0.05) is 6.54 Å². The Morgan fingerprint density at radius 1 is 1.14 bits per heavy atom. The lowest BCUT2D eigenvalue weighted by atomic mass is 10.1. The van der Waals surface area contributed by atoms with Crippen molar-refractivity contribution in [3.63, 3.8) is 0 Å². The van der Waals surface area contributed by atoms with Gasteiger partial charge >= 0.3 is 0 Å². The summed E-state index contributed by atoms with van der Waals surface area (Å²) in [5, 5.41) is 8.80. The van der Waals surface area contributed by atoms with Crippen molar-refractivity contribution >= 4 is 24.2 Å². The fourth-order valence-electron chi connectivity index (χ4n) is 2.46. The molecule has 2 rings (SSSR count). The van der Waals surface area contributed by atoms with Gasteiger partial charge in [0.15, 0.2) is 0 Å². The molecule has 0 radical (unpaired) electrons. The summed E-state index contributed by atoms with van der Waals surface area (Å²) in [6, 6.07) is 9.50. The van der Waals surface area contributed by atoms with E-state index >= 15 is 0 Å². The minimum atomic E-state index is -0.128. The second-order valence-corrected chi connectivity index (χ2v) is 5.44. The molecule has 1 aliphatic heterocycles. The Balaban J connectivity index is 0.00000242. The van der Waals surface area contributed by atoms with Crippen molar-refractivity contribution in [1.29, 1.82) is 0 Å². The van der Waals surface area contributed by atoms with Gasteiger partial charge in [0.05, 0.1) is 13.0 Å². The third-order valence-electron chi connectivity index (χ3n) is 3.69. The van der Waals surface area contributed by atoms with Gasteiger partial charge in [-0.05, 0) is 37.4 Å². The number of nitrogens with one attached hydrogen (secondary N) is 3. The topological polar surface area (TPSA) is 70.2 Å². The van der Waals surface area contributed by atoms with E-state index in [1.54, 1.807) is 0 Å². The van der Waals surface area contributed by atoms with E-state index in [0.717, 1.165) is 25.1 Å². The molecule has 6 heteroatoms. The molecule has 1 aliphatic rings. The monoisotopic (exact) mass is 325 g/mol. The van der Waals surface area contributed by atoms with Crippen molar-refractivity contribution < 1.29 is 9.59 Å². The van der Waals surface area contributed by atoms with Gasteiger partial charge in [-0.15, -0.1) is 12.4 Å². The maximum absolute atomic E-state index is 11.7. The number of rotatable bonds is 7. The fraction of sp³-hybridized carbons (Fsp3) is 0.500. The zero-order chi connectivity index (χ0) is 14.9. The lowest BCUT2D eigenvalue weighted by Gasteiger charge is -2.10. The summed E-state index contributed by atoms with van der Waals surface area (Å²) in [7, 11) is 0. The van der Waals surface area contributed by atoms with Gasteiger partial charge in [-0.3, -0.25) is 9.59 Å². The van der Waals surface area contributed by atoms with Crippen LogP contribution in [0.2, 0.25) is 0 Å². The van der Waals surface area contributed by atoms with Crippen molar-refractivity contribution in [3.05, 3.63) is 35.9 Å². The smallest absolute Gasteiger partial charge is 0.239 e. The van der Waals surface area contributed by atoms with Crippen molar-refractivity contribution in [1.82, 2.24) is 16.0 Å². The van der Waals surface area contributed by atoms with E-state index in [9.17, 15) is 9.59 Å². The molecule has 5 nitrogen and oxygen atoms in total. The molecule has 3 N–H and O–H groups in total. The molecule has 0 aromatic heterocycles. The van der Waals surface area contributed by atoms with E-state index in [1.165, 1.54) is 6.42 Å². The molecule has 1 atom stereocenters. The first-order chi connectivity index (χ1) is 10.2. The molecule has 1 fully saturated rings. The van der Waals surface area contributed by atoms with Crippen LogP contribution in [0.1, 0.15) is 18.4 Å². The summed E-state index contributed by atoms with van der Waals surface area (Å²) < 4.78 is 0. The van der Waals surface area contributed by atoms with Crippen LogP contribution in [0.15, 0.2) is 30.3 Å². The van der Waals surface area contributed by atoms with Crippen molar-refractivity contribution in [2.75, 3.05) is 26.2 Å². The summed E-state index contributed by atoms with van der Waals surface area (Å²) in [5.41, 5.74) is 0.948. The van der Waals surface area contributed by atoms with Crippen LogP contribution in [0.5, 0.6) is 0 Å². The van der Waals surface area contributed by atoms with Crippen molar-refractivity contribution in [3.8, 4) is 0 Å². The van der Waals surface area contributed by atoms with Crippen LogP contribution in [0.25, 0.3) is 0 Å². The Morgan fingerprint density at radius 2 is 1.91 bits per heavy atom. The molecule has 0 spiro atoms. The molecular formula is C16H24ClN3O2. The predicted molar refractivity (Wildman–Crippen MR) is 89.0 cm³/mol. The minimum absolute atomic E-state index is 0. The molecule has 0 bridgehead atoms. The highest BCUT2D eigenvalue weighted by atomic mass is 35.5. The number of benzene rings is 1. The largest absolute Gasteiger partial charge is 0.355 e. The second kappa shape index (κ2) is 10.2. The zero-order valence-corrected chi connectivity index (χ0v) is 13.5. The number of halogens is 1. The molecule has 0 aliphatic carbocycles. The van der Waals surface area contributed by atoms with Gasteiger partial charge < -0.3 is 16.0 Å². The van der Waals surface area contributed by atoms with Gasteiger partial charge in [0.1, 0.15) is 0 Å². The summed E-state index contributed by atoms with van der Waals surface area (Å²) in [6.45, 7) is 2.85. The van der Waals surface area contributed by atoms with Crippen LogP contribution >= 0.6 is 12.4 Å². The number of amides is 2. The van der Waals surface area contributed by atoms with Crippen LogP contribution < -0.4 is 16.0 Å². The first kappa shape index (κ1) is 18.5. The lowest BCUT2D eigenvalue weighted by molar-refractivity contribution is -0.125. The third-order valence-corrected chi connectivity index (χ3v) is 3.69. The van der Waals surface area contributed by atoms with Crippen LogP contribution in [0.4, 0.5) is 0 Å². The Morgan fingerprint density at radius 3 is 2.59 bits per heavy atom. The standard InChI is InChI=1S/C16H23N3O2.ClH/c20-15(10-13-4-2-1-3-5-13)19-12-16(21)18-9-7-14-6-8-17-11-14;/h1-5,14,17H,6-12H2,(H,18,21)(H,19,20);1H. The Kier molecular flexibility index (Phi) is 8.55. The SMILES string of the molecule is Cl.O=C(CNC(=O)Cc1ccccc1)NCCC1CCNC1. The molecule has 2 amide bonds. The van der Waals surface area contributed by atoms with E-state index in [2.05, 4.69) is 16.0 Å². The molecule has 1 heterocycles. The van der Waals surface area contributed by atoms with Gasteiger partial charge in [0.2, 0.25) is 11.8 Å². The highest BCUT2D eigenvalue weighted by Crippen LogP contribution is 2.10. The predicted octanol–water partition coefficient (Wildman–Crippen LogP) is 0.883.